The number of hydrogen-bond donors (Lipinski definition) is 1. The third-order valence-corrected chi connectivity index (χ3v) is 3.84. The van der Waals surface area contributed by atoms with Crippen LogP contribution in [0, 0.1) is 0 Å². The van der Waals surface area contributed by atoms with Crippen molar-refractivity contribution in [1.29, 1.82) is 0 Å². The smallest absolute Gasteiger partial charge is 0.126 e. The minimum atomic E-state index is 0.884. The largest absolute Gasteiger partial charge is 0.465 e. The highest BCUT2D eigenvalue weighted by molar-refractivity contribution is 5.41. The Labute approximate surface area is 104 Å². The number of rotatable bonds is 5. The average Bonchev–Trinajstić information content (AvgIpc) is 2.89. The van der Waals surface area contributed by atoms with Gasteiger partial charge in [0.15, 0.2) is 0 Å². The summed E-state index contributed by atoms with van der Waals surface area (Å²) < 4.78 is 5.30. The van der Waals surface area contributed by atoms with Crippen LogP contribution in [-0.2, 0) is 0 Å². The Morgan fingerprint density at radius 1 is 1.35 bits per heavy atom. The molecule has 1 aliphatic rings. The van der Waals surface area contributed by atoms with E-state index in [0.29, 0.717) is 0 Å². The van der Waals surface area contributed by atoms with Gasteiger partial charge in [0.05, 0.1) is 25.4 Å². The van der Waals surface area contributed by atoms with Crippen molar-refractivity contribution < 1.29 is 9.32 Å². The highest BCUT2D eigenvalue weighted by Crippen LogP contribution is 2.15. The second kappa shape index (κ2) is 6.65. The lowest BCUT2D eigenvalue weighted by Gasteiger charge is -2.29. The first-order valence-corrected chi connectivity index (χ1v) is 6.94. The van der Waals surface area contributed by atoms with E-state index in [1.807, 2.05) is 12.1 Å². The molecule has 0 radical (unpaired) electrons. The molecule has 1 aromatic heterocycles. The second-order valence-corrected chi connectivity index (χ2v) is 4.97. The molecule has 0 spiro atoms. The first kappa shape index (κ1) is 12.4. The summed E-state index contributed by atoms with van der Waals surface area (Å²) in [6.07, 6.45) is 13.2. The molecule has 1 N–H and O–H groups in total. The lowest BCUT2D eigenvalue weighted by molar-refractivity contribution is -0.919. The fourth-order valence-corrected chi connectivity index (χ4v) is 2.82. The molecule has 1 atom stereocenters. The van der Waals surface area contributed by atoms with E-state index in [0.717, 1.165) is 18.3 Å². The van der Waals surface area contributed by atoms with Crippen LogP contribution in [0.2, 0.25) is 0 Å². The topological polar surface area (TPSA) is 17.6 Å². The van der Waals surface area contributed by atoms with Gasteiger partial charge < -0.3 is 9.32 Å². The average molecular weight is 234 g/mol. The molecule has 0 bridgehead atoms. The van der Waals surface area contributed by atoms with Crippen LogP contribution < -0.4 is 4.90 Å². The third kappa shape index (κ3) is 3.74. The first-order chi connectivity index (χ1) is 8.40. The number of nitrogens with one attached hydrogen (secondary N) is 1. The van der Waals surface area contributed by atoms with E-state index in [1.54, 1.807) is 11.2 Å². The fourth-order valence-electron chi connectivity index (χ4n) is 2.82. The van der Waals surface area contributed by atoms with Crippen LogP contribution in [0.4, 0.5) is 0 Å². The van der Waals surface area contributed by atoms with Gasteiger partial charge in [-0.05, 0) is 56.9 Å². The Morgan fingerprint density at radius 2 is 2.18 bits per heavy atom. The molecule has 94 valence electrons. The molecule has 1 fully saturated rings. The van der Waals surface area contributed by atoms with Crippen molar-refractivity contribution in [2.75, 3.05) is 13.1 Å². The van der Waals surface area contributed by atoms with Crippen molar-refractivity contribution in [1.82, 2.24) is 0 Å². The van der Waals surface area contributed by atoms with Gasteiger partial charge in [-0.15, -0.1) is 0 Å². The first-order valence-electron chi connectivity index (χ1n) is 6.94. The van der Waals surface area contributed by atoms with Crippen molar-refractivity contribution in [2.45, 2.75) is 45.1 Å². The molecule has 2 nitrogen and oxygen atoms in total. The molecule has 1 heterocycles. The van der Waals surface area contributed by atoms with Crippen molar-refractivity contribution in [2.24, 2.45) is 0 Å². The van der Waals surface area contributed by atoms with Gasteiger partial charge in [-0.1, -0.05) is 6.42 Å². The van der Waals surface area contributed by atoms with E-state index in [1.165, 1.54) is 38.6 Å². The summed E-state index contributed by atoms with van der Waals surface area (Å²) in [5, 5.41) is 0. The standard InChI is InChI=1S/C15H23NO/c1-2-16(14-8-4-3-5-9-14)12-6-10-15-11-7-13-17-15/h6-7,10-11,13-14H,2-5,8-9,12H2,1H3/p+1/b10-6+. The number of furan rings is 1. The zero-order chi connectivity index (χ0) is 11.9. The monoisotopic (exact) mass is 234 g/mol. The van der Waals surface area contributed by atoms with Gasteiger partial charge in [-0.2, -0.15) is 0 Å². The van der Waals surface area contributed by atoms with E-state index in [2.05, 4.69) is 19.1 Å². The van der Waals surface area contributed by atoms with Gasteiger partial charge in [-0.25, -0.2) is 0 Å². The Bertz CT molecular complexity index is 323. The van der Waals surface area contributed by atoms with Crippen LogP contribution in [0.25, 0.3) is 6.08 Å². The summed E-state index contributed by atoms with van der Waals surface area (Å²) in [7, 11) is 0. The van der Waals surface area contributed by atoms with E-state index in [4.69, 9.17) is 4.42 Å². The molecule has 17 heavy (non-hydrogen) atoms. The number of hydrogen-bond acceptors (Lipinski definition) is 1. The molecule has 2 rings (SSSR count). The summed E-state index contributed by atoms with van der Waals surface area (Å²) in [5.41, 5.74) is 0. The predicted molar refractivity (Wildman–Crippen MR) is 71.0 cm³/mol. The lowest BCUT2D eigenvalue weighted by Crippen LogP contribution is -3.15. The fraction of sp³-hybridized carbons (Fsp3) is 0.600. The molecule has 0 saturated heterocycles. The van der Waals surface area contributed by atoms with Gasteiger partial charge in [0, 0.05) is 0 Å². The van der Waals surface area contributed by atoms with Crippen LogP contribution in [0.5, 0.6) is 0 Å². The number of quaternary nitrogens is 1. The molecule has 1 aliphatic carbocycles. The lowest BCUT2D eigenvalue weighted by atomic mass is 9.94. The second-order valence-electron chi connectivity index (χ2n) is 4.97. The van der Waals surface area contributed by atoms with Gasteiger partial charge in [0.1, 0.15) is 5.76 Å². The zero-order valence-corrected chi connectivity index (χ0v) is 10.8. The van der Waals surface area contributed by atoms with Crippen molar-refractivity contribution in [3.63, 3.8) is 0 Å². The molecule has 0 amide bonds. The number of likely N-dealkylation sites (N-methyl/N-ethyl adjacent to an activating group) is 1. The SMILES string of the molecule is CC[NH+](C/C=C/c1ccco1)C1CCCCC1. The van der Waals surface area contributed by atoms with Gasteiger partial charge >= 0.3 is 0 Å². The van der Waals surface area contributed by atoms with Crippen LogP contribution in [-0.4, -0.2) is 19.1 Å². The molecule has 2 heteroatoms. The van der Waals surface area contributed by atoms with Gasteiger partial charge in [0.2, 0.25) is 0 Å². The van der Waals surface area contributed by atoms with Crippen LogP contribution in [0.1, 0.15) is 44.8 Å². The molecule has 0 aromatic carbocycles. The summed E-state index contributed by atoms with van der Waals surface area (Å²) in [4.78, 5) is 1.73. The van der Waals surface area contributed by atoms with Crippen molar-refractivity contribution in [3.05, 3.63) is 30.2 Å². The van der Waals surface area contributed by atoms with E-state index >= 15 is 0 Å². The van der Waals surface area contributed by atoms with E-state index in [9.17, 15) is 0 Å². The molecular formula is C15H24NO+. The van der Waals surface area contributed by atoms with E-state index < -0.39 is 0 Å². The van der Waals surface area contributed by atoms with Gasteiger partial charge in [0.25, 0.3) is 0 Å². The van der Waals surface area contributed by atoms with Crippen molar-refractivity contribution in [3.8, 4) is 0 Å². The van der Waals surface area contributed by atoms with Gasteiger partial charge in [-0.3, -0.25) is 0 Å². The summed E-state index contributed by atoms with van der Waals surface area (Å²) in [6, 6.07) is 4.82. The third-order valence-electron chi connectivity index (χ3n) is 3.84. The predicted octanol–water partition coefficient (Wildman–Crippen LogP) is 2.53. The molecule has 1 unspecified atom stereocenters. The molecule has 1 saturated carbocycles. The Balaban J connectivity index is 1.82. The summed E-state index contributed by atoms with van der Waals surface area (Å²) in [6.45, 7) is 4.65. The highest BCUT2D eigenvalue weighted by atomic mass is 16.3. The Morgan fingerprint density at radius 3 is 2.82 bits per heavy atom. The summed E-state index contributed by atoms with van der Waals surface area (Å²) >= 11 is 0. The van der Waals surface area contributed by atoms with Crippen LogP contribution >= 0.6 is 0 Å². The highest BCUT2D eigenvalue weighted by Gasteiger charge is 2.21. The maximum absolute atomic E-state index is 5.30. The Hall–Kier alpha value is -1.02. The Kier molecular flexibility index (Phi) is 4.87. The van der Waals surface area contributed by atoms with Crippen LogP contribution in [0.15, 0.2) is 28.9 Å². The quantitative estimate of drug-likeness (QED) is 0.829. The van der Waals surface area contributed by atoms with Crippen molar-refractivity contribution >= 4 is 6.08 Å². The van der Waals surface area contributed by atoms with E-state index in [-0.39, 0.29) is 0 Å². The normalized spacial score (nSPS) is 19.8. The summed E-state index contributed by atoms with van der Waals surface area (Å²) in [5.74, 6) is 0.962. The maximum atomic E-state index is 5.30. The zero-order valence-electron chi connectivity index (χ0n) is 10.8. The minimum absolute atomic E-state index is 0.884. The van der Waals surface area contributed by atoms with Crippen LogP contribution in [0.3, 0.4) is 0 Å². The minimum Gasteiger partial charge on any atom is -0.465 e. The maximum Gasteiger partial charge on any atom is 0.126 e. The molecule has 0 aliphatic heterocycles. The molecular weight excluding hydrogens is 210 g/mol. The molecule has 1 aromatic rings.